The minimum Gasteiger partial charge on any atom is -0.399 e. The quantitative estimate of drug-likeness (QED) is 0.844. The fraction of sp³-hybridized carbons (Fsp3) is 0.500. The van der Waals surface area contributed by atoms with E-state index in [4.69, 9.17) is 11.0 Å². The van der Waals surface area contributed by atoms with Crippen LogP contribution in [0.5, 0.6) is 0 Å². The summed E-state index contributed by atoms with van der Waals surface area (Å²) in [5.41, 5.74) is 7.73. The molecule has 0 radical (unpaired) electrons. The maximum absolute atomic E-state index is 12.8. The van der Waals surface area contributed by atoms with Gasteiger partial charge in [-0.3, -0.25) is 0 Å². The van der Waals surface area contributed by atoms with Gasteiger partial charge in [0.05, 0.1) is 11.0 Å². The van der Waals surface area contributed by atoms with Crippen LogP contribution >= 0.6 is 0 Å². The molecule has 0 bridgehead atoms. The molecule has 0 heterocycles. The maximum Gasteiger partial charge on any atom is 0.243 e. The summed E-state index contributed by atoms with van der Waals surface area (Å²) in [5.74, 6) is 0. The van der Waals surface area contributed by atoms with Crippen molar-refractivity contribution in [3.8, 4) is 6.07 Å². The number of nitrogen functional groups attached to an aromatic ring is 1. The highest BCUT2D eigenvalue weighted by Crippen LogP contribution is 2.26. The van der Waals surface area contributed by atoms with Crippen LogP contribution in [-0.2, 0) is 10.0 Å². The monoisotopic (exact) mass is 295 g/mol. The lowest BCUT2D eigenvalue weighted by molar-refractivity contribution is 0.360. The van der Waals surface area contributed by atoms with Gasteiger partial charge >= 0.3 is 0 Å². The van der Waals surface area contributed by atoms with Gasteiger partial charge in [0.15, 0.2) is 0 Å². The Labute approximate surface area is 121 Å². The van der Waals surface area contributed by atoms with Crippen molar-refractivity contribution < 1.29 is 8.42 Å². The van der Waals surface area contributed by atoms with Gasteiger partial charge in [-0.05, 0) is 51.0 Å². The Morgan fingerprint density at radius 3 is 2.45 bits per heavy atom. The summed E-state index contributed by atoms with van der Waals surface area (Å²) < 4.78 is 26.9. The van der Waals surface area contributed by atoms with Crippen molar-refractivity contribution in [2.24, 2.45) is 0 Å². The van der Waals surface area contributed by atoms with Crippen molar-refractivity contribution in [2.75, 3.05) is 12.3 Å². The second-order valence-corrected chi connectivity index (χ2v) is 6.94. The van der Waals surface area contributed by atoms with Gasteiger partial charge in [0.2, 0.25) is 10.0 Å². The predicted molar refractivity (Wildman–Crippen MR) is 79.6 cm³/mol. The molecule has 0 aliphatic carbocycles. The molecule has 2 N–H and O–H groups in total. The van der Waals surface area contributed by atoms with Gasteiger partial charge in [-0.1, -0.05) is 0 Å². The van der Waals surface area contributed by atoms with Gasteiger partial charge in [0.25, 0.3) is 0 Å². The van der Waals surface area contributed by atoms with Crippen LogP contribution < -0.4 is 5.73 Å². The smallest absolute Gasteiger partial charge is 0.243 e. The largest absolute Gasteiger partial charge is 0.399 e. The van der Waals surface area contributed by atoms with E-state index in [0.717, 1.165) is 5.56 Å². The minimum atomic E-state index is -3.65. The van der Waals surface area contributed by atoms with Gasteiger partial charge in [-0.2, -0.15) is 9.57 Å². The number of nitrogens with two attached hydrogens (primary N) is 1. The van der Waals surface area contributed by atoms with E-state index in [2.05, 4.69) is 0 Å². The third kappa shape index (κ3) is 3.30. The van der Waals surface area contributed by atoms with Crippen molar-refractivity contribution in [3.63, 3.8) is 0 Å². The molecule has 0 fully saturated rings. The average molecular weight is 295 g/mol. The van der Waals surface area contributed by atoms with Crippen LogP contribution in [-0.4, -0.2) is 25.3 Å². The fourth-order valence-corrected chi connectivity index (χ4v) is 4.04. The number of hydrogen-bond acceptors (Lipinski definition) is 4. The molecule has 6 heteroatoms. The van der Waals surface area contributed by atoms with Crippen molar-refractivity contribution in [1.82, 2.24) is 4.31 Å². The molecule has 0 unspecified atom stereocenters. The Bertz CT molecular complexity index is 631. The van der Waals surface area contributed by atoms with Gasteiger partial charge in [-0.15, -0.1) is 0 Å². The van der Waals surface area contributed by atoms with Crippen LogP contribution in [0.4, 0.5) is 5.69 Å². The Morgan fingerprint density at radius 1 is 1.35 bits per heavy atom. The van der Waals surface area contributed by atoms with E-state index in [9.17, 15) is 8.42 Å². The molecule has 1 aromatic rings. The highest BCUT2D eigenvalue weighted by atomic mass is 32.2. The number of hydrogen-bond donors (Lipinski definition) is 1. The highest BCUT2D eigenvalue weighted by molar-refractivity contribution is 7.89. The number of anilines is 1. The van der Waals surface area contributed by atoms with Crippen molar-refractivity contribution in [3.05, 3.63) is 23.3 Å². The number of sulfonamides is 1. The van der Waals surface area contributed by atoms with E-state index >= 15 is 0 Å². The zero-order valence-electron chi connectivity index (χ0n) is 12.3. The van der Waals surface area contributed by atoms with Gasteiger partial charge in [-0.25, -0.2) is 8.42 Å². The Balaban J connectivity index is 3.38. The summed E-state index contributed by atoms with van der Waals surface area (Å²) in [4.78, 5) is 0.224. The molecule has 0 aliphatic heterocycles. The third-order valence-electron chi connectivity index (χ3n) is 3.25. The first-order valence-corrected chi connectivity index (χ1v) is 7.91. The van der Waals surface area contributed by atoms with Gasteiger partial charge in [0, 0.05) is 24.7 Å². The summed E-state index contributed by atoms with van der Waals surface area (Å²) in [5, 5.41) is 8.68. The second kappa shape index (κ2) is 6.25. The molecule has 1 rings (SSSR count). The average Bonchev–Trinajstić information content (AvgIpc) is 2.33. The zero-order valence-corrected chi connectivity index (χ0v) is 13.2. The molecule has 5 nitrogen and oxygen atoms in total. The number of rotatable bonds is 5. The van der Waals surface area contributed by atoms with E-state index in [-0.39, 0.29) is 23.9 Å². The Hall–Kier alpha value is -1.58. The summed E-state index contributed by atoms with van der Waals surface area (Å²) in [6.45, 7) is 7.38. The van der Waals surface area contributed by atoms with Crippen molar-refractivity contribution in [2.45, 2.75) is 45.1 Å². The molecule has 1 aromatic carbocycles. The third-order valence-corrected chi connectivity index (χ3v) is 5.45. The second-order valence-electron chi connectivity index (χ2n) is 5.08. The van der Waals surface area contributed by atoms with Crippen LogP contribution in [0.15, 0.2) is 17.0 Å². The predicted octanol–water partition coefficient (Wildman–Crippen LogP) is 2.20. The number of aryl methyl sites for hydroxylation is 1. The van der Waals surface area contributed by atoms with Crippen LogP contribution in [0, 0.1) is 25.2 Å². The van der Waals surface area contributed by atoms with Crippen LogP contribution in [0.3, 0.4) is 0 Å². The molecule has 0 saturated heterocycles. The lowest BCUT2D eigenvalue weighted by atomic mass is 10.1. The molecule has 0 aromatic heterocycles. The normalized spacial score (nSPS) is 11.8. The van der Waals surface area contributed by atoms with Gasteiger partial charge < -0.3 is 5.73 Å². The fourth-order valence-electron chi connectivity index (χ4n) is 2.06. The van der Waals surface area contributed by atoms with Crippen LogP contribution in [0.25, 0.3) is 0 Å². The SMILES string of the molecule is Cc1cc(N)cc(S(=O)(=O)N(CCC#N)C(C)C)c1C. The summed E-state index contributed by atoms with van der Waals surface area (Å²) in [7, 11) is -3.65. The summed E-state index contributed by atoms with van der Waals surface area (Å²) in [6.07, 6.45) is 0.164. The molecular formula is C14H21N3O2S. The van der Waals surface area contributed by atoms with E-state index in [1.807, 2.05) is 13.0 Å². The van der Waals surface area contributed by atoms with E-state index in [0.29, 0.717) is 11.3 Å². The number of benzene rings is 1. The number of nitrogens with zero attached hydrogens (tertiary/aromatic N) is 2. The highest BCUT2D eigenvalue weighted by Gasteiger charge is 2.28. The number of nitriles is 1. The molecule has 0 saturated carbocycles. The summed E-state index contributed by atoms with van der Waals surface area (Å²) in [6, 6.07) is 5.01. The Kier molecular flexibility index (Phi) is 5.15. The first-order chi connectivity index (χ1) is 9.21. The van der Waals surface area contributed by atoms with Crippen molar-refractivity contribution in [1.29, 1.82) is 5.26 Å². The van der Waals surface area contributed by atoms with Crippen LogP contribution in [0.2, 0.25) is 0 Å². The first kappa shape index (κ1) is 16.5. The maximum atomic E-state index is 12.8. The lowest BCUT2D eigenvalue weighted by Crippen LogP contribution is -2.38. The topological polar surface area (TPSA) is 87.2 Å². The van der Waals surface area contributed by atoms with Gasteiger partial charge in [0.1, 0.15) is 0 Å². The molecular weight excluding hydrogens is 274 g/mol. The van der Waals surface area contributed by atoms with E-state index in [1.165, 1.54) is 10.4 Å². The van der Waals surface area contributed by atoms with Crippen LogP contribution in [0.1, 0.15) is 31.4 Å². The zero-order chi connectivity index (χ0) is 15.5. The summed E-state index contributed by atoms with van der Waals surface area (Å²) >= 11 is 0. The molecule has 0 atom stereocenters. The minimum absolute atomic E-state index is 0.164. The van der Waals surface area contributed by atoms with E-state index < -0.39 is 10.0 Å². The molecule has 0 aliphatic rings. The van der Waals surface area contributed by atoms with E-state index in [1.54, 1.807) is 26.8 Å². The first-order valence-electron chi connectivity index (χ1n) is 6.47. The lowest BCUT2D eigenvalue weighted by Gasteiger charge is -2.26. The molecule has 110 valence electrons. The standard InChI is InChI=1S/C14H21N3O2S/c1-10(2)17(7-5-6-15)20(18,19)14-9-13(16)8-11(3)12(14)4/h8-10H,5,7,16H2,1-4H3. The molecule has 0 spiro atoms. The van der Waals surface area contributed by atoms with Crippen molar-refractivity contribution >= 4 is 15.7 Å². The Morgan fingerprint density at radius 2 is 1.95 bits per heavy atom. The molecule has 20 heavy (non-hydrogen) atoms. The molecule has 0 amide bonds.